The zero-order valence-corrected chi connectivity index (χ0v) is 11.9. The molecule has 0 aliphatic rings. The van der Waals surface area contributed by atoms with Crippen LogP contribution in [0.3, 0.4) is 0 Å². The van der Waals surface area contributed by atoms with Gasteiger partial charge in [0.05, 0.1) is 7.11 Å². The van der Waals surface area contributed by atoms with Gasteiger partial charge >= 0.3 is 0 Å². The van der Waals surface area contributed by atoms with Crippen molar-refractivity contribution in [1.82, 2.24) is 0 Å². The Hall–Kier alpha value is -1.75. The van der Waals surface area contributed by atoms with Gasteiger partial charge in [0, 0.05) is 16.2 Å². The molecule has 0 aliphatic heterocycles. The number of rotatable bonds is 4. The molecule has 2 aromatic rings. The fourth-order valence-electron chi connectivity index (χ4n) is 1.66. The van der Waals surface area contributed by atoms with Crippen LogP contribution >= 0.6 is 15.9 Å². The first-order valence-electron chi connectivity index (χ1n) is 5.60. The molecule has 0 radical (unpaired) electrons. The Kier molecular flexibility index (Phi) is 4.27. The summed E-state index contributed by atoms with van der Waals surface area (Å²) in [5.41, 5.74) is 7.00. The van der Waals surface area contributed by atoms with Gasteiger partial charge in [0.2, 0.25) is 0 Å². The quantitative estimate of drug-likeness (QED) is 0.870. The number of hydrogen-bond donors (Lipinski definition) is 1. The molecule has 0 bridgehead atoms. The molecule has 0 aliphatic carbocycles. The van der Waals surface area contributed by atoms with E-state index in [4.69, 9.17) is 15.2 Å². The van der Waals surface area contributed by atoms with Crippen LogP contribution in [0.4, 0.5) is 10.1 Å². The average molecular weight is 326 g/mol. The van der Waals surface area contributed by atoms with Gasteiger partial charge in [-0.25, -0.2) is 4.39 Å². The molecule has 2 aromatic carbocycles. The number of ether oxygens (including phenoxy) is 2. The van der Waals surface area contributed by atoms with E-state index in [0.29, 0.717) is 21.7 Å². The van der Waals surface area contributed by atoms with Crippen molar-refractivity contribution in [2.24, 2.45) is 0 Å². The third-order valence-electron chi connectivity index (χ3n) is 2.50. The molecule has 0 saturated heterocycles. The highest BCUT2D eigenvalue weighted by Gasteiger charge is 2.06. The van der Waals surface area contributed by atoms with Crippen molar-refractivity contribution < 1.29 is 13.9 Å². The lowest BCUT2D eigenvalue weighted by Gasteiger charge is -2.11. The van der Waals surface area contributed by atoms with Crippen molar-refractivity contribution in [1.29, 1.82) is 0 Å². The lowest BCUT2D eigenvalue weighted by molar-refractivity contribution is 0.284. The van der Waals surface area contributed by atoms with Crippen molar-refractivity contribution in [3.05, 3.63) is 52.3 Å². The summed E-state index contributed by atoms with van der Waals surface area (Å²) >= 11 is 3.24. The molecule has 3 nitrogen and oxygen atoms in total. The van der Waals surface area contributed by atoms with Crippen LogP contribution in [-0.2, 0) is 6.61 Å². The van der Waals surface area contributed by atoms with Crippen LogP contribution in [0, 0.1) is 5.82 Å². The van der Waals surface area contributed by atoms with Crippen LogP contribution in [0.15, 0.2) is 40.9 Å². The molecule has 0 unspecified atom stereocenters. The van der Waals surface area contributed by atoms with Crippen LogP contribution in [0.2, 0.25) is 0 Å². The first-order valence-corrected chi connectivity index (χ1v) is 6.39. The second-order valence-electron chi connectivity index (χ2n) is 3.98. The number of nitrogen functional groups attached to an aromatic ring is 1. The van der Waals surface area contributed by atoms with Crippen LogP contribution < -0.4 is 15.2 Å². The smallest absolute Gasteiger partial charge is 0.163 e. The normalized spacial score (nSPS) is 10.3. The Bertz CT molecular complexity index is 569. The average Bonchev–Trinajstić information content (AvgIpc) is 2.35. The topological polar surface area (TPSA) is 44.5 Å². The molecule has 0 saturated carbocycles. The van der Waals surface area contributed by atoms with Crippen LogP contribution in [-0.4, -0.2) is 7.11 Å². The van der Waals surface area contributed by atoms with E-state index in [9.17, 15) is 4.39 Å². The van der Waals surface area contributed by atoms with Gasteiger partial charge in [-0.3, -0.25) is 0 Å². The molecule has 19 heavy (non-hydrogen) atoms. The Morgan fingerprint density at radius 2 is 1.95 bits per heavy atom. The summed E-state index contributed by atoms with van der Waals surface area (Å²) < 4.78 is 24.7. The fraction of sp³-hybridized carbons (Fsp3) is 0.143. The van der Waals surface area contributed by atoms with E-state index < -0.39 is 0 Å². The third kappa shape index (κ3) is 3.61. The van der Waals surface area contributed by atoms with Gasteiger partial charge in [0.15, 0.2) is 11.5 Å². The standard InChI is InChI=1S/C14H13BrFNO2/c1-18-13-3-2-12(17)7-14(13)19-8-9-4-10(15)6-11(16)5-9/h2-7H,8,17H2,1H3. The number of methoxy groups -OCH3 is 1. The Balaban J connectivity index is 2.16. The van der Waals surface area contributed by atoms with E-state index in [-0.39, 0.29) is 12.4 Å². The maximum atomic E-state index is 13.2. The molecule has 2 rings (SSSR count). The van der Waals surface area contributed by atoms with Gasteiger partial charge in [-0.1, -0.05) is 15.9 Å². The molecule has 0 amide bonds. The highest BCUT2D eigenvalue weighted by atomic mass is 79.9. The zero-order valence-electron chi connectivity index (χ0n) is 10.3. The minimum Gasteiger partial charge on any atom is -0.493 e. The number of halogens is 2. The third-order valence-corrected chi connectivity index (χ3v) is 2.96. The maximum Gasteiger partial charge on any atom is 0.163 e. The summed E-state index contributed by atoms with van der Waals surface area (Å²) in [6.45, 7) is 0.232. The SMILES string of the molecule is COc1ccc(N)cc1OCc1cc(F)cc(Br)c1. The van der Waals surface area contributed by atoms with Gasteiger partial charge in [0.25, 0.3) is 0 Å². The largest absolute Gasteiger partial charge is 0.493 e. The highest BCUT2D eigenvalue weighted by molar-refractivity contribution is 9.10. The predicted octanol–water partition coefficient (Wildman–Crippen LogP) is 3.76. The minimum absolute atomic E-state index is 0.232. The first-order chi connectivity index (χ1) is 9.08. The number of nitrogens with two attached hydrogens (primary N) is 1. The van der Waals surface area contributed by atoms with E-state index in [1.165, 1.54) is 12.1 Å². The lowest BCUT2D eigenvalue weighted by Crippen LogP contribution is -1.99. The molecule has 0 spiro atoms. The van der Waals surface area contributed by atoms with E-state index >= 15 is 0 Å². The van der Waals surface area contributed by atoms with Gasteiger partial charge < -0.3 is 15.2 Å². The molecule has 100 valence electrons. The lowest BCUT2D eigenvalue weighted by atomic mass is 10.2. The Morgan fingerprint density at radius 3 is 2.63 bits per heavy atom. The second-order valence-corrected chi connectivity index (χ2v) is 4.89. The van der Waals surface area contributed by atoms with E-state index in [0.717, 1.165) is 5.56 Å². The molecule has 0 atom stereocenters. The van der Waals surface area contributed by atoms with Gasteiger partial charge in [0.1, 0.15) is 12.4 Å². The molecular weight excluding hydrogens is 313 g/mol. The van der Waals surface area contributed by atoms with Crippen LogP contribution in [0.25, 0.3) is 0 Å². The number of benzene rings is 2. The van der Waals surface area contributed by atoms with Crippen molar-refractivity contribution >= 4 is 21.6 Å². The summed E-state index contributed by atoms with van der Waals surface area (Å²) in [4.78, 5) is 0. The molecule has 0 fully saturated rings. The summed E-state index contributed by atoms with van der Waals surface area (Å²) in [5.74, 6) is 0.806. The summed E-state index contributed by atoms with van der Waals surface area (Å²) in [5, 5.41) is 0. The van der Waals surface area contributed by atoms with Gasteiger partial charge in [-0.05, 0) is 35.9 Å². The van der Waals surface area contributed by atoms with Gasteiger partial charge in [-0.15, -0.1) is 0 Å². The Labute approximate surface area is 119 Å². The summed E-state index contributed by atoms with van der Waals surface area (Å²) in [6, 6.07) is 9.74. The monoisotopic (exact) mass is 325 g/mol. The van der Waals surface area contributed by atoms with Crippen LogP contribution in [0.1, 0.15) is 5.56 Å². The molecule has 0 heterocycles. The van der Waals surface area contributed by atoms with Crippen molar-refractivity contribution in [3.63, 3.8) is 0 Å². The van der Waals surface area contributed by atoms with Crippen molar-refractivity contribution in [3.8, 4) is 11.5 Å². The fourth-order valence-corrected chi connectivity index (χ4v) is 2.17. The molecule has 0 aromatic heterocycles. The predicted molar refractivity (Wildman–Crippen MR) is 75.8 cm³/mol. The molecular formula is C14H13BrFNO2. The first kappa shape index (κ1) is 13.7. The van der Waals surface area contributed by atoms with E-state index in [1.54, 1.807) is 31.4 Å². The highest BCUT2D eigenvalue weighted by Crippen LogP contribution is 2.30. The molecule has 5 heteroatoms. The maximum absolute atomic E-state index is 13.2. The van der Waals surface area contributed by atoms with Crippen molar-refractivity contribution in [2.75, 3.05) is 12.8 Å². The summed E-state index contributed by atoms with van der Waals surface area (Å²) in [7, 11) is 1.55. The second kappa shape index (κ2) is 5.93. The van der Waals surface area contributed by atoms with E-state index in [2.05, 4.69) is 15.9 Å². The van der Waals surface area contributed by atoms with Crippen LogP contribution in [0.5, 0.6) is 11.5 Å². The number of anilines is 1. The minimum atomic E-state index is -0.312. The Morgan fingerprint density at radius 1 is 1.16 bits per heavy atom. The summed E-state index contributed by atoms with van der Waals surface area (Å²) in [6.07, 6.45) is 0. The molecule has 2 N–H and O–H groups in total. The van der Waals surface area contributed by atoms with E-state index in [1.807, 2.05) is 0 Å². The van der Waals surface area contributed by atoms with Crippen molar-refractivity contribution in [2.45, 2.75) is 6.61 Å². The van der Waals surface area contributed by atoms with Gasteiger partial charge in [-0.2, -0.15) is 0 Å². The zero-order chi connectivity index (χ0) is 13.8. The number of hydrogen-bond acceptors (Lipinski definition) is 3.